The fourth-order valence-corrected chi connectivity index (χ4v) is 2.24. The van der Waals surface area contributed by atoms with Crippen molar-refractivity contribution in [2.45, 2.75) is 13.8 Å². The van der Waals surface area contributed by atoms with Crippen LogP contribution in [0.2, 0.25) is 0 Å². The Morgan fingerprint density at radius 2 is 2.11 bits per heavy atom. The van der Waals surface area contributed by atoms with Gasteiger partial charge < -0.3 is 10.1 Å². The summed E-state index contributed by atoms with van der Waals surface area (Å²) in [6.45, 7) is 4.52. The van der Waals surface area contributed by atoms with Crippen LogP contribution >= 0.6 is 11.3 Å². The molecule has 5 heteroatoms. The van der Waals surface area contributed by atoms with Crippen LogP contribution in [-0.2, 0) is 4.79 Å². The average molecular weight is 276 g/mol. The Kier molecular flexibility index (Phi) is 4.52. The zero-order valence-corrected chi connectivity index (χ0v) is 11.8. The van der Waals surface area contributed by atoms with E-state index < -0.39 is 0 Å². The second-order valence-corrected chi connectivity index (χ2v) is 5.08. The summed E-state index contributed by atoms with van der Waals surface area (Å²) in [5.74, 6) is 0.573. The Morgan fingerprint density at radius 1 is 1.37 bits per heavy atom. The molecule has 1 heterocycles. The fourth-order valence-electron chi connectivity index (χ4n) is 1.62. The molecule has 0 radical (unpaired) electrons. The van der Waals surface area contributed by atoms with Gasteiger partial charge in [0.1, 0.15) is 5.75 Å². The summed E-state index contributed by atoms with van der Waals surface area (Å²) in [5.41, 5.74) is 2.02. The SMILES string of the molecule is CCNC(=O)COc1ccc(-c2csc(C)n2)cc1. The molecule has 0 bridgehead atoms. The molecule has 1 N–H and O–H groups in total. The lowest BCUT2D eigenvalue weighted by Crippen LogP contribution is -2.28. The Hall–Kier alpha value is -1.88. The molecule has 0 fully saturated rings. The number of likely N-dealkylation sites (N-methyl/N-ethyl adjacent to an activating group) is 1. The average Bonchev–Trinajstić information content (AvgIpc) is 2.84. The predicted octanol–water partition coefficient (Wildman–Crippen LogP) is 2.63. The number of nitrogens with one attached hydrogen (secondary N) is 1. The van der Waals surface area contributed by atoms with Crippen LogP contribution in [0, 0.1) is 6.92 Å². The first kappa shape index (κ1) is 13.5. The number of carbonyl (C=O) groups excluding carboxylic acids is 1. The van der Waals surface area contributed by atoms with Gasteiger partial charge in [-0.2, -0.15) is 0 Å². The smallest absolute Gasteiger partial charge is 0.257 e. The highest BCUT2D eigenvalue weighted by Crippen LogP contribution is 2.23. The molecule has 0 unspecified atom stereocenters. The van der Waals surface area contributed by atoms with Crippen LogP contribution in [0.25, 0.3) is 11.3 Å². The molecule has 0 saturated heterocycles. The summed E-state index contributed by atoms with van der Waals surface area (Å²) < 4.78 is 5.39. The van der Waals surface area contributed by atoms with Crippen LogP contribution in [0.1, 0.15) is 11.9 Å². The number of hydrogen-bond donors (Lipinski definition) is 1. The van der Waals surface area contributed by atoms with E-state index in [2.05, 4.69) is 10.3 Å². The molecule has 1 amide bonds. The van der Waals surface area contributed by atoms with Crippen molar-refractivity contribution >= 4 is 17.2 Å². The maximum absolute atomic E-state index is 11.3. The minimum Gasteiger partial charge on any atom is -0.484 e. The van der Waals surface area contributed by atoms with E-state index in [0.29, 0.717) is 12.3 Å². The highest BCUT2D eigenvalue weighted by atomic mass is 32.1. The Balaban J connectivity index is 1.97. The zero-order valence-electron chi connectivity index (χ0n) is 11.0. The number of rotatable bonds is 5. The first-order valence-electron chi connectivity index (χ1n) is 6.11. The third kappa shape index (κ3) is 3.79. The fraction of sp³-hybridized carbons (Fsp3) is 0.286. The van der Waals surface area contributed by atoms with Crippen molar-refractivity contribution < 1.29 is 9.53 Å². The summed E-state index contributed by atoms with van der Waals surface area (Å²) in [6, 6.07) is 7.59. The van der Waals surface area contributed by atoms with Crippen molar-refractivity contribution in [3.05, 3.63) is 34.7 Å². The molecule has 2 rings (SSSR count). The van der Waals surface area contributed by atoms with Gasteiger partial charge in [0.15, 0.2) is 6.61 Å². The second kappa shape index (κ2) is 6.33. The molecule has 19 heavy (non-hydrogen) atoms. The van der Waals surface area contributed by atoms with E-state index in [4.69, 9.17) is 4.74 Å². The highest BCUT2D eigenvalue weighted by Gasteiger charge is 2.04. The molecule has 1 aromatic heterocycles. The summed E-state index contributed by atoms with van der Waals surface area (Å²) in [5, 5.41) is 5.76. The molecular formula is C14H16N2O2S. The van der Waals surface area contributed by atoms with Crippen molar-refractivity contribution in [2.24, 2.45) is 0 Å². The van der Waals surface area contributed by atoms with E-state index >= 15 is 0 Å². The van der Waals surface area contributed by atoms with Gasteiger partial charge in [-0.15, -0.1) is 11.3 Å². The third-order valence-corrected chi connectivity index (χ3v) is 3.29. The van der Waals surface area contributed by atoms with Crippen molar-refractivity contribution in [3.8, 4) is 17.0 Å². The van der Waals surface area contributed by atoms with Crippen molar-refractivity contribution in [1.29, 1.82) is 0 Å². The molecule has 4 nitrogen and oxygen atoms in total. The number of carbonyl (C=O) groups is 1. The monoisotopic (exact) mass is 276 g/mol. The number of benzene rings is 1. The molecule has 0 aliphatic carbocycles. The van der Waals surface area contributed by atoms with Gasteiger partial charge >= 0.3 is 0 Å². The normalized spacial score (nSPS) is 10.2. The number of ether oxygens (including phenoxy) is 1. The van der Waals surface area contributed by atoms with E-state index in [1.807, 2.05) is 43.5 Å². The van der Waals surface area contributed by atoms with Crippen LogP contribution < -0.4 is 10.1 Å². The maximum atomic E-state index is 11.3. The largest absolute Gasteiger partial charge is 0.484 e. The van der Waals surface area contributed by atoms with Gasteiger partial charge in [0.25, 0.3) is 5.91 Å². The minimum absolute atomic E-state index is 0.0446. The van der Waals surface area contributed by atoms with E-state index in [9.17, 15) is 4.79 Å². The molecule has 0 aliphatic rings. The van der Waals surface area contributed by atoms with Crippen LogP contribution in [0.3, 0.4) is 0 Å². The highest BCUT2D eigenvalue weighted by molar-refractivity contribution is 7.09. The van der Waals surface area contributed by atoms with Crippen LogP contribution in [-0.4, -0.2) is 24.0 Å². The van der Waals surface area contributed by atoms with Gasteiger partial charge in [0, 0.05) is 17.5 Å². The summed E-state index contributed by atoms with van der Waals surface area (Å²) in [6.07, 6.45) is 0. The first-order chi connectivity index (χ1) is 9.19. The van der Waals surface area contributed by atoms with Crippen molar-refractivity contribution in [3.63, 3.8) is 0 Å². The van der Waals surface area contributed by atoms with E-state index in [-0.39, 0.29) is 12.5 Å². The van der Waals surface area contributed by atoms with Gasteiger partial charge in [0.05, 0.1) is 10.7 Å². The predicted molar refractivity (Wildman–Crippen MR) is 76.5 cm³/mol. The summed E-state index contributed by atoms with van der Waals surface area (Å²) >= 11 is 1.63. The van der Waals surface area contributed by atoms with E-state index in [1.165, 1.54) is 0 Å². The van der Waals surface area contributed by atoms with E-state index in [0.717, 1.165) is 16.3 Å². The van der Waals surface area contributed by atoms with Crippen molar-refractivity contribution in [1.82, 2.24) is 10.3 Å². The quantitative estimate of drug-likeness (QED) is 0.913. The number of aromatic nitrogens is 1. The topological polar surface area (TPSA) is 51.2 Å². The van der Waals surface area contributed by atoms with Gasteiger partial charge in [0.2, 0.25) is 0 Å². The van der Waals surface area contributed by atoms with Crippen LogP contribution in [0.5, 0.6) is 5.75 Å². The minimum atomic E-state index is -0.110. The maximum Gasteiger partial charge on any atom is 0.257 e. The summed E-state index contributed by atoms with van der Waals surface area (Å²) in [7, 11) is 0. The van der Waals surface area contributed by atoms with Gasteiger partial charge in [-0.3, -0.25) is 4.79 Å². The lowest BCUT2D eigenvalue weighted by molar-refractivity contribution is -0.122. The number of hydrogen-bond acceptors (Lipinski definition) is 4. The Morgan fingerprint density at radius 3 is 2.68 bits per heavy atom. The van der Waals surface area contributed by atoms with E-state index in [1.54, 1.807) is 11.3 Å². The number of nitrogens with zero attached hydrogens (tertiary/aromatic N) is 1. The lowest BCUT2D eigenvalue weighted by atomic mass is 10.2. The number of thiazole rings is 1. The molecule has 2 aromatic rings. The third-order valence-electron chi connectivity index (χ3n) is 2.51. The van der Waals surface area contributed by atoms with Gasteiger partial charge in [-0.25, -0.2) is 4.98 Å². The van der Waals surface area contributed by atoms with Crippen molar-refractivity contribution in [2.75, 3.05) is 13.2 Å². The van der Waals surface area contributed by atoms with Gasteiger partial charge in [-0.1, -0.05) is 0 Å². The molecular weight excluding hydrogens is 260 g/mol. The lowest BCUT2D eigenvalue weighted by Gasteiger charge is -2.06. The second-order valence-electron chi connectivity index (χ2n) is 4.02. The van der Waals surface area contributed by atoms with Gasteiger partial charge in [-0.05, 0) is 38.1 Å². The number of amides is 1. The van der Waals surface area contributed by atoms with Crippen LogP contribution in [0.4, 0.5) is 0 Å². The molecule has 0 atom stereocenters. The molecule has 0 aliphatic heterocycles. The van der Waals surface area contributed by atoms with Crippen LogP contribution in [0.15, 0.2) is 29.6 Å². The molecule has 0 saturated carbocycles. The summed E-state index contributed by atoms with van der Waals surface area (Å²) in [4.78, 5) is 15.7. The zero-order chi connectivity index (χ0) is 13.7. The first-order valence-corrected chi connectivity index (χ1v) is 6.99. The Bertz CT molecular complexity index is 549. The Labute approximate surface area is 116 Å². The standard InChI is InChI=1S/C14H16N2O2S/c1-3-15-14(17)8-18-12-6-4-11(5-7-12)13-9-19-10(2)16-13/h4-7,9H,3,8H2,1-2H3,(H,15,17). The molecule has 1 aromatic carbocycles. The number of aryl methyl sites for hydroxylation is 1. The molecule has 100 valence electrons. The molecule has 0 spiro atoms.